The first-order chi connectivity index (χ1) is 18.0. The van der Waals surface area contributed by atoms with Crippen molar-refractivity contribution in [2.45, 2.75) is 58.3 Å². The van der Waals surface area contributed by atoms with Gasteiger partial charge in [-0.15, -0.1) is 0 Å². The van der Waals surface area contributed by atoms with E-state index in [1.54, 1.807) is 30.2 Å². The molecule has 0 fully saturated rings. The molecule has 3 N–H and O–H groups in total. The number of benzene rings is 2. The van der Waals surface area contributed by atoms with E-state index in [-0.39, 0.29) is 23.9 Å². The van der Waals surface area contributed by atoms with Gasteiger partial charge in [-0.3, -0.25) is 9.59 Å². The fourth-order valence-corrected chi connectivity index (χ4v) is 4.25. The van der Waals surface area contributed by atoms with Crippen molar-refractivity contribution >= 4 is 18.0 Å². The minimum Gasteiger partial charge on any atom is -0.481 e. The molecular weight excluding hydrogens is 489 g/mol. The van der Waals surface area contributed by atoms with Gasteiger partial charge in [0, 0.05) is 25.6 Å². The van der Waals surface area contributed by atoms with Crippen LogP contribution >= 0.6 is 0 Å². The standard InChI is InChI=1S/C29H34FN3O5/c1-18(2)27-25(14-13-23(34)15-24(35)16-26(36)37)33(22-11-9-21(30)10-12-22)31-28(27)29(38)32(4)17-20-8-6-5-7-19(20)3/h5-14,18,23-24,34-35H,15-17H2,1-4H3,(H,36,37)/b14-13+/t23-,24-/m1/s1. The van der Waals surface area contributed by atoms with Crippen LogP contribution in [0.4, 0.5) is 4.39 Å². The van der Waals surface area contributed by atoms with E-state index in [1.807, 2.05) is 45.0 Å². The number of carbonyl (C=O) groups excluding carboxylic acids is 1. The molecule has 0 unspecified atom stereocenters. The van der Waals surface area contributed by atoms with Gasteiger partial charge >= 0.3 is 5.97 Å². The molecule has 202 valence electrons. The Balaban J connectivity index is 2.03. The Morgan fingerprint density at radius 3 is 2.37 bits per heavy atom. The van der Waals surface area contributed by atoms with Crippen LogP contribution in [-0.4, -0.2) is 61.1 Å². The monoisotopic (exact) mass is 523 g/mol. The molecule has 1 heterocycles. The summed E-state index contributed by atoms with van der Waals surface area (Å²) in [5.41, 5.74) is 4.00. The molecule has 8 nitrogen and oxygen atoms in total. The zero-order chi connectivity index (χ0) is 28.0. The molecule has 0 bridgehead atoms. The minimum atomic E-state index is -1.22. The summed E-state index contributed by atoms with van der Waals surface area (Å²) in [6.07, 6.45) is 0.0212. The molecule has 0 aliphatic rings. The van der Waals surface area contributed by atoms with E-state index in [9.17, 15) is 24.2 Å². The molecule has 0 aliphatic carbocycles. The highest BCUT2D eigenvalue weighted by Crippen LogP contribution is 2.29. The van der Waals surface area contributed by atoms with Crippen molar-refractivity contribution in [3.8, 4) is 5.69 Å². The third kappa shape index (κ3) is 7.14. The van der Waals surface area contributed by atoms with Gasteiger partial charge in [-0.1, -0.05) is 44.2 Å². The number of carboxylic acid groups (broad SMARTS) is 1. The van der Waals surface area contributed by atoms with Gasteiger partial charge in [0.2, 0.25) is 0 Å². The summed E-state index contributed by atoms with van der Waals surface area (Å²) < 4.78 is 15.2. The van der Waals surface area contributed by atoms with Crippen LogP contribution in [-0.2, 0) is 11.3 Å². The van der Waals surface area contributed by atoms with Crippen molar-refractivity contribution < 1.29 is 29.3 Å². The number of aliphatic hydroxyl groups is 2. The first-order valence-corrected chi connectivity index (χ1v) is 12.4. The topological polar surface area (TPSA) is 116 Å². The Morgan fingerprint density at radius 2 is 1.76 bits per heavy atom. The smallest absolute Gasteiger partial charge is 0.305 e. The van der Waals surface area contributed by atoms with Crippen LogP contribution in [0.15, 0.2) is 54.6 Å². The lowest BCUT2D eigenvalue weighted by Crippen LogP contribution is -2.28. The maximum Gasteiger partial charge on any atom is 0.305 e. The van der Waals surface area contributed by atoms with Crippen LogP contribution < -0.4 is 0 Å². The Morgan fingerprint density at radius 1 is 1.11 bits per heavy atom. The molecular formula is C29H34FN3O5. The number of amides is 1. The minimum absolute atomic E-state index is 0.135. The molecule has 3 rings (SSSR count). The largest absolute Gasteiger partial charge is 0.481 e. The number of hydrogen-bond acceptors (Lipinski definition) is 5. The van der Waals surface area contributed by atoms with E-state index in [0.717, 1.165) is 11.1 Å². The quantitative estimate of drug-likeness (QED) is 0.345. The first-order valence-electron chi connectivity index (χ1n) is 12.4. The van der Waals surface area contributed by atoms with Gasteiger partial charge in [-0.25, -0.2) is 9.07 Å². The molecule has 0 spiro atoms. The highest BCUT2D eigenvalue weighted by atomic mass is 19.1. The second-order valence-electron chi connectivity index (χ2n) is 9.69. The third-order valence-electron chi connectivity index (χ3n) is 6.23. The van der Waals surface area contributed by atoms with Crippen LogP contribution in [0, 0.1) is 12.7 Å². The molecule has 1 amide bonds. The summed E-state index contributed by atoms with van der Waals surface area (Å²) in [5, 5.41) is 33.8. The van der Waals surface area contributed by atoms with Gasteiger partial charge in [0.15, 0.2) is 5.69 Å². The molecule has 38 heavy (non-hydrogen) atoms. The lowest BCUT2D eigenvalue weighted by atomic mass is 9.98. The highest BCUT2D eigenvalue weighted by molar-refractivity contribution is 5.95. The van der Waals surface area contributed by atoms with Gasteiger partial charge in [0.05, 0.1) is 30.0 Å². The van der Waals surface area contributed by atoms with Gasteiger partial charge < -0.3 is 20.2 Å². The van der Waals surface area contributed by atoms with Crippen LogP contribution in [0.2, 0.25) is 0 Å². The molecule has 0 radical (unpaired) electrons. The predicted octanol–water partition coefficient (Wildman–Crippen LogP) is 4.32. The third-order valence-corrected chi connectivity index (χ3v) is 6.23. The lowest BCUT2D eigenvalue weighted by molar-refractivity contribution is -0.139. The van der Waals surface area contributed by atoms with Crippen LogP contribution in [0.5, 0.6) is 0 Å². The summed E-state index contributed by atoms with van der Waals surface area (Å²) in [7, 11) is 1.71. The van der Waals surface area contributed by atoms with Crippen LogP contribution in [0.25, 0.3) is 11.8 Å². The molecule has 2 aromatic carbocycles. The fraction of sp³-hybridized carbons (Fsp3) is 0.345. The maximum atomic E-state index is 13.7. The number of nitrogens with zero attached hydrogens (tertiary/aromatic N) is 3. The number of carbonyl (C=O) groups is 2. The van der Waals surface area contributed by atoms with Crippen molar-refractivity contribution in [3.63, 3.8) is 0 Å². The second-order valence-corrected chi connectivity index (χ2v) is 9.69. The normalized spacial score (nSPS) is 13.2. The van der Waals surface area contributed by atoms with E-state index in [2.05, 4.69) is 5.10 Å². The summed E-state index contributed by atoms with van der Waals surface area (Å²) >= 11 is 0. The van der Waals surface area contributed by atoms with Gasteiger partial charge in [0.1, 0.15) is 5.82 Å². The van der Waals surface area contributed by atoms with Crippen LogP contribution in [0.1, 0.15) is 65.5 Å². The number of aliphatic hydroxyl groups excluding tert-OH is 2. The lowest BCUT2D eigenvalue weighted by Gasteiger charge is -2.19. The fourth-order valence-electron chi connectivity index (χ4n) is 4.25. The number of halogens is 1. The zero-order valence-corrected chi connectivity index (χ0v) is 22.0. The van der Waals surface area contributed by atoms with Crippen molar-refractivity contribution in [2.75, 3.05) is 7.05 Å². The highest BCUT2D eigenvalue weighted by Gasteiger charge is 2.27. The van der Waals surface area contributed by atoms with Gasteiger partial charge in [-0.2, -0.15) is 5.10 Å². The number of hydrogen-bond donors (Lipinski definition) is 3. The first kappa shape index (κ1) is 28.7. The molecule has 9 heteroatoms. The Hall–Kier alpha value is -3.82. The number of aryl methyl sites for hydroxylation is 1. The van der Waals surface area contributed by atoms with E-state index in [0.29, 0.717) is 23.5 Å². The van der Waals surface area contributed by atoms with E-state index >= 15 is 0 Å². The number of aliphatic carboxylic acids is 1. The molecule has 2 atom stereocenters. The molecule has 0 saturated heterocycles. The Bertz CT molecular complexity index is 1300. The number of carboxylic acids is 1. The average molecular weight is 524 g/mol. The summed E-state index contributed by atoms with van der Waals surface area (Å²) in [5.74, 6) is -2.00. The molecule has 0 saturated carbocycles. The number of aromatic nitrogens is 2. The van der Waals surface area contributed by atoms with Crippen LogP contribution in [0.3, 0.4) is 0 Å². The average Bonchev–Trinajstić information content (AvgIpc) is 3.23. The zero-order valence-electron chi connectivity index (χ0n) is 22.0. The SMILES string of the molecule is Cc1ccccc1CN(C)C(=O)c1nn(-c2ccc(F)cc2)c(/C=C/[C@@H](O)C[C@@H](O)CC(=O)O)c1C(C)C. The van der Waals surface area contributed by atoms with Gasteiger partial charge in [-0.05, 0) is 54.3 Å². The van der Waals surface area contributed by atoms with Crippen molar-refractivity contribution in [1.29, 1.82) is 0 Å². The van der Waals surface area contributed by atoms with E-state index in [1.165, 1.54) is 22.9 Å². The summed E-state index contributed by atoms with van der Waals surface area (Å²) in [6, 6.07) is 13.5. The maximum absolute atomic E-state index is 13.7. The molecule has 0 aliphatic heterocycles. The predicted molar refractivity (Wildman–Crippen MR) is 143 cm³/mol. The second kappa shape index (κ2) is 12.6. The Labute approximate surface area is 221 Å². The summed E-state index contributed by atoms with van der Waals surface area (Å²) in [4.78, 5) is 26.1. The van der Waals surface area contributed by atoms with E-state index < -0.39 is 30.4 Å². The van der Waals surface area contributed by atoms with E-state index in [4.69, 9.17) is 5.11 Å². The molecule has 3 aromatic rings. The van der Waals surface area contributed by atoms with Gasteiger partial charge in [0.25, 0.3) is 5.91 Å². The van der Waals surface area contributed by atoms with Crippen molar-refractivity contribution in [2.24, 2.45) is 0 Å². The Kier molecular flexibility index (Phi) is 9.55. The molecule has 1 aromatic heterocycles. The number of rotatable bonds is 11. The summed E-state index contributed by atoms with van der Waals surface area (Å²) in [6.45, 7) is 6.22. The van der Waals surface area contributed by atoms with Crippen molar-refractivity contribution in [3.05, 3.63) is 88.5 Å². The van der Waals surface area contributed by atoms with Crippen molar-refractivity contribution in [1.82, 2.24) is 14.7 Å².